The number of carbonyl (C=O) groups is 1. The van der Waals surface area contributed by atoms with Crippen molar-refractivity contribution < 1.29 is 9.53 Å². The molecule has 2 rings (SSSR count). The number of anilines is 1. The number of aryl methyl sites for hydroxylation is 2. The minimum atomic E-state index is 0.409. The van der Waals surface area contributed by atoms with Crippen molar-refractivity contribution in [3.8, 4) is 5.75 Å². The van der Waals surface area contributed by atoms with E-state index in [2.05, 4.69) is 37.9 Å². The van der Waals surface area contributed by atoms with Gasteiger partial charge in [0.1, 0.15) is 11.5 Å². The number of rotatable bonds is 3. The van der Waals surface area contributed by atoms with E-state index in [1.54, 1.807) is 7.11 Å². The molecule has 1 aliphatic rings. The fourth-order valence-corrected chi connectivity index (χ4v) is 2.98. The van der Waals surface area contributed by atoms with Gasteiger partial charge in [0.2, 0.25) is 0 Å². The number of hydrogen-bond acceptors (Lipinski definition) is 3. The quantitative estimate of drug-likeness (QED) is 0.836. The highest BCUT2D eigenvalue weighted by molar-refractivity contribution is 5.79. The molecule has 3 heteroatoms. The average molecular weight is 261 g/mol. The summed E-state index contributed by atoms with van der Waals surface area (Å²) in [6.07, 6.45) is 3.39. The van der Waals surface area contributed by atoms with Gasteiger partial charge in [-0.15, -0.1) is 0 Å². The second-order valence-electron chi connectivity index (χ2n) is 5.49. The molecule has 19 heavy (non-hydrogen) atoms. The van der Waals surface area contributed by atoms with Gasteiger partial charge >= 0.3 is 0 Å². The molecule has 0 radical (unpaired) electrons. The van der Waals surface area contributed by atoms with Crippen LogP contribution in [0.25, 0.3) is 0 Å². The molecular formula is C16H23NO2. The molecule has 0 spiro atoms. The van der Waals surface area contributed by atoms with Crippen LogP contribution in [0.5, 0.6) is 5.75 Å². The van der Waals surface area contributed by atoms with Crippen molar-refractivity contribution in [2.24, 2.45) is 0 Å². The first kappa shape index (κ1) is 13.9. The molecule has 0 bridgehead atoms. The Hall–Kier alpha value is -1.51. The molecule has 1 saturated carbocycles. The Morgan fingerprint density at radius 1 is 1.16 bits per heavy atom. The van der Waals surface area contributed by atoms with Crippen LogP contribution in [0.15, 0.2) is 12.1 Å². The van der Waals surface area contributed by atoms with Gasteiger partial charge in [0, 0.05) is 31.6 Å². The Kier molecular flexibility index (Phi) is 4.13. The number of nitrogens with zero attached hydrogens (tertiary/aromatic N) is 1. The number of ether oxygens (including phenoxy) is 1. The fourth-order valence-electron chi connectivity index (χ4n) is 2.98. The van der Waals surface area contributed by atoms with E-state index in [1.165, 1.54) is 5.69 Å². The maximum atomic E-state index is 11.3. The Labute approximate surface area is 115 Å². The summed E-state index contributed by atoms with van der Waals surface area (Å²) in [5, 5.41) is 0. The topological polar surface area (TPSA) is 29.5 Å². The minimum Gasteiger partial charge on any atom is -0.496 e. The van der Waals surface area contributed by atoms with Crippen molar-refractivity contribution in [3.05, 3.63) is 23.3 Å². The Morgan fingerprint density at radius 3 is 2.16 bits per heavy atom. The number of methoxy groups -OCH3 is 1. The summed E-state index contributed by atoms with van der Waals surface area (Å²) in [4.78, 5) is 13.6. The van der Waals surface area contributed by atoms with Gasteiger partial charge in [-0.25, -0.2) is 0 Å². The lowest BCUT2D eigenvalue weighted by Gasteiger charge is -2.33. The zero-order valence-electron chi connectivity index (χ0n) is 12.3. The second-order valence-corrected chi connectivity index (χ2v) is 5.49. The van der Waals surface area contributed by atoms with Crippen LogP contribution in [0.1, 0.15) is 36.8 Å². The molecule has 1 aliphatic carbocycles. The van der Waals surface area contributed by atoms with Gasteiger partial charge in [-0.3, -0.25) is 4.79 Å². The third-order valence-corrected chi connectivity index (χ3v) is 4.12. The van der Waals surface area contributed by atoms with Crippen LogP contribution in [0.2, 0.25) is 0 Å². The summed E-state index contributed by atoms with van der Waals surface area (Å²) in [5.74, 6) is 1.38. The third kappa shape index (κ3) is 2.91. The van der Waals surface area contributed by atoms with Crippen LogP contribution in [-0.2, 0) is 4.79 Å². The highest BCUT2D eigenvalue weighted by Gasteiger charge is 2.23. The molecular weight excluding hydrogens is 238 g/mol. The van der Waals surface area contributed by atoms with E-state index < -0.39 is 0 Å². The standard InChI is InChI=1S/C16H23NO2/c1-11-9-14(10-12(2)16(11)19-4)17(3)13-5-7-15(18)8-6-13/h9-10,13H,5-8H2,1-4H3. The molecule has 1 aromatic rings. The van der Waals surface area contributed by atoms with E-state index in [4.69, 9.17) is 4.74 Å². The van der Waals surface area contributed by atoms with Gasteiger partial charge in [0.25, 0.3) is 0 Å². The Morgan fingerprint density at radius 2 is 1.68 bits per heavy atom. The zero-order chi connectivity index (χ0) is 14.0. The second kappa shape index (κ2) is 5.64. The molecule has 104 valence electrons. The van der Waals surface area contributed by atoms with Crippen LogP contribution in [0.4, 0.5) is 5.69 Å². The number of Topliss-reactive ketones (excluding diaryl/α,β-unsaturated/α-hetero) is 1. The fraction of sp³-hybridized carbons (Fsp3) is 0.562. The maximum absolute atomic E-state index is 11.3. The number of hydrogen-bond donors (Lipinski definition) is 0. The predicted octanol–water partition coefficient (Wildman–Crippen LogP) is 3.26. The molecule has 1 fully saturated rings. The predicted molar refractivity (Wildman–Crippen MR) is 78.1 cm³/mol. The first-order valence-corrected chi connectivity index (χ1v) is 6.92. The van der Waals surface area contributed by atoms with E-state index in [0.29, 0.717) is 11.8 Å². The molecule has 3 nitrogen and oxygen atoms in total. The van der Waals surface area contributed by atoms with Gasteiger partial charge in [0.15, 0.2) is 0 Å². The summed E-state index contributed by atoms with van der Waals surface area (Å²) >= 11 is 0. The van der Waals surface area contributed by atoms with Gasteiger partial charge in [0.05, 0.1) is 7.11 Å². The first-order chi connectivity index (χ1) is 9.02. The molecule has 0 aromatic heterocycles. The summed E-state index contributed by atoms with van der Waals surface area (Å²) < 4.78 is 5.41. The third-order valence-electron chi connectivity index (χ3n) is 4.12. The molecule has 0 atom stereocenters. The zero-order valence-corrected chi connectivity index (χ0v) is 12.3. The highest BCUT2D eigenvalue weighted by Crippen LogP contribution is 2.31. The largest absolute Gasteiger partial charge is 0.496 e. The lowest BCUT2D eigenvalue weighted by molar-refractivity contribution is -0.120. The van der Waals surface area contributed by atoms with E-state index in [-0.39, 0.29) is 0 Å². The molecule has 0 unspecified atom stereocenters. The molecule has 1 aromatic carbocycles. The van der Waals surface area contributed by atoms with Crippen LogP contribution in [0.3, 0.4) is 0 Å². The lowest BCUT2D eigenvalue weighted by atomic mass is 9.93. The number of ketones is 1. The van der Waals surface area contributed by atoms with Crippen molar-refractivity contribution in [1.29, 1.82) is 0 Å². The van der Waals surface area contributed by atoms with E-state index in [9.17, 15) is 4.79 Å². The minimum absolute atomic E-state index is 0.409. The van der Waals surface area contributed by atoms with Gasteiger partial charge in [-0.1, -0.05) is 0 Å². The molecule has 0 saturated heterocycles. The monoisotopic (exact) mass is 261 g/mol. The van der Waals surface area contributed by atoms with Gasteiger partial charge < -0.3 is 9.64 Å². The lowest BCUT2D eigenvalue weighted by Crippen LogP contribution is -2.35. The van der Waals surface area contributed by atoms with Gasteiger partial charge in [-0.2, -0.15) is 0 Å². The summed E-state index contributed by atoms with van der Waals surface area (Å²) in [6, 6.07) is 4.81. The van der Waals surface area contributed by atoms with Crippen LogP contribution < -0.4 is 9.64 Å². The molecule has 0 aliphatic heterocycles. The molecule has 0 heterocycles. The summed E-state index contributed by atoms with van der Waals surface area (Å²) in [7, 11) is 3.84. The molecule has 0 N–H and O–H groups in total. The number of carbonyl (C=O) groups excluding carboxylic acids is 1. The van der Waals surface area contributed by atoms with Crippen molar-refractivity contribution in [3.63, 3.8) is 0 Å². The Bertz CT molecular complexity index is 449. The van der Waals surface area contributed by atoms with E-state index in [0.717, 1.165) is 42.6 Å². The van der Waals surface area contributed by atoms with Crippen molar-refractivity contribution in [1.82, 2.24) is 0 Å². The number of benzene rings is 1. The van der Waals surface area contributed by atoms with Crippen LogP contribution in [-0.4, -0.2) is 26.0 Å². The first-order valence-electron chi connectivity index (χ1n) is 6.92. The van der Waals surface area contributed by atoms with E-state index >= 15 is 0 Å². The Balaban J connectivity index is 2.19. The van der Waals surface area contributed by atoms with Crippen molar-refractivity contribution >= 4 is 11.5 Å². The maximum Gasteiger partial charge on any atom is 0.133 e. The van der Waals surface area contributed by atoms with Crippen molar-refractivity contribution in [2.45, 2.75) is 45.6 Å². The SMILES string of the molecule is COc1c(C)cc(N(C)C2CCC(=O)CC2)cc1C. The summed E-state index contributed by atoms with van der Waals surface area (Å²) in [5.41, 5.74) is 3.54. The molecule has 0 amide bonds. The smallest absolute Gasteiger partial charge is 0.133 e. The summed E-state index contributed by atoms with van der Waals surface area (Å²) in [6.45, 7) is 4.15. The van der Waals surface area contributed by atoms with Gasteiger partial charge in [-0.05, 0) is 49.9 Å². The highest BCUT2D eigenvalue weighted by atomic mass is 16.5. The normalized spacial score (nSPS) is 16.5. The van der Waals surface area contributed by atoms with Crippen molar-refractivity contribution in [2.75, 3.05) is 19.1 Å². The van der Waals surface area contributed by atoms with Crippen LogP contribution >= 0.6 is 0 Å². The van der Waals surface area contributed by atoms with E-state index in [1.807, 2.05) is 0 Å². The van der Waals surface area contributed by atoms with Crippen LogP contribution in [0, 0.1) is 13.8 Å². The average Bonchev–Trinajstić information content (AvgIpc) is 2.38.